The maximum atomic E-state index is 5.48. The van der Waals surface area contributed by atoms with Crippen LogP contribution in [0.25, 0.3) is 0 Å². The number of benzene rings is 1. The minimum absolute atomic E-state index is 0.696. The highest BCUT2D eigenvalue weighted by Crippen LogP contribution is 2.25. The molecule has 0 saturated carbocycles. The van der Waals surface area contributed by atoms with Crippen LogP contribution in [0.5, 0.6) is 0 Å². The number of thioether (sulfide) groups is 1. The van der Waals surface area contributed by atoms with Crippen LogP contribution in [-0.2, 0) is 11.2 Å². The molecular formula is C24H34N4O2S. The molecule has 0 amide bonds. The molecular weight excluding hydrogens is 408 g/mol. The first-order chi connectivity index (χ1) is 15.4. The van der Waals surface area contributed by atoms with Crippen molar-refractivity contribution in [2.75, 3.05) is 64.8 Å². The van der Waals surface area contributed by atoms with Crippen LogP contribution in [0.3, 0.4) is 0 Å². The highest BCUT2D eigenvalue weighted by atomic mass is 32.2. The Morgan fingerprint density at radius 3 is 2.77 bits per heavy atom. The summed E-state index contributed by atoms with van der Waals surface area (Å²) in [6.45, 7) is 8.50. The van der Waals surface area contributed by atoms with Crippen molar-refractivity contribution in [1.29, 1.82) is 0 Å². The van der Waals surface area contributed by atoms with E-state index in [0.717, 1.165) is 82.9 Å². The Morgan fingerprint density at radius 2 is 1.97 bits per heavy atom. The Hall–Kier alpha value is -1.96. The van der Waals surface area contributed by atoms with E-state index in [0.29, 0.717) is 5.92 Å². The lowest BCUT2D eigenvalue weighted by Crippen LogP contribution is -2.42. The minimum atomic E-state index is 0.696. The summed E-state index contributed by atoms with van der Waals surface area (Å²) in [7, 11) is 0. The number of aliphatic imine (C=N–C) groups is 1. The molecule has 7 heteroatoms. The standard InChI is InChI=1S/C24H34N4O2S/c1-2-6-23(7-3-1)31-20-21-9-12-28(19-21)24(25-10-8-22-5-4-16-30-22)26-11-13-27-14-17-29-18-15-27/h1-7,16,21H,8-15,17-20H2,(H,25,26). The number of hydrogen-bond donors (Lipinski definition) is 1. The molecule has 2 aliphatic heterocycles. The topological polar surface area (TPSA) is 53.2 Å². The van der Waals surface area contributed by atoms with Crippen molar-refractivity contribution in [2.45, 2.75) is 17.7 Å². The Kier molecular flexibility index (Phi) is 8.73. The molecule has 4 rings (SSSR count). The number of rotatable bonds is 9. The first-order valence-electron chi connectivity index (χ1n) is 11.4. The smallest absolute Gasteiger partial charge is 0.193 e. The summed E-state index contributed by atoms with van der Waals surface area (Å²) in [4.78, 5) is 11.2. The van der Waals surface area contributed by atoms with Gasteiger partial charge in [-0.2, -0.15) is 0 Å². The third kappa shape index (κ3) is 7.30. The predicted molar refractivity (Wildman–Crippen MR) is 127 cm³/mol. The SMILES string of the molecule is c1ccc(SCC2CCN(C(=NCCN3CCOCC3)NCCc3ccco3)C2)cc1. The molecule has 1 aromatic carbocycles. The van der Waals surface area contributed by atoms with E-state index in [2.05, 4.69) is 45.4 Å². The van der Waals surface area contributed by atoms with Crippen molar-refractivity contribution in [1.82, 2.24) is 15.1 Å². The molecule has 2 saturated heterocycles. The molecule has 168 valence electrons. The molecule has 1 aromatic heterocycles. The van der Waals surface area contributed by atoms with E-state index in [1.807, 2.05) is 23.9 Å². The Morgan fingerprint density at radius 1 is 1.10 bits per heavy atom. The lowest BCUT2D eigenvalue weighted by molar-refractivity contribution is 0.0394. The van der Waals surface area contributed by atoms with Crippen LogP contribution >= 0.6 is 11.8 Å². The van der Waals surface area contributed by atoms with E-state index in [1.165, 1.54) is 11.3 Å². The van der Waals surface area contributed by atoms with Crippen LogP contribution in [0, 0.1) is 5.92 Å². The summed E-state index contributed by atoms with van der Waals surface area (Å²) in [6, 6.07) is 14.7. The van der Waals surface area contributed by atoms with Crippen LogP contribution in [0.15, 0.2) is 63.0 Å². The van der Waals surface area contributed by atoms with Crippen molar-refractivity contribution in [2.24, 2.45) is 10.9 Å². The van der Waals surface area contributed by atoms with Gasteiger partial charge in [0, 0.05) is 56.3 Å². The summed E-state index contributed by atoms with van der Waals surface area (Å²) >= 11 is 1.97. The van der Waals surface area contributed by atoms with Gasteiger partial charge in [0.25, 0.3) is 0 Å². The number of ether oxygens (including phenoxy) is 1. The number of guanidine groups is 1. The van der Waals surface area contributed by atoms with Gasteiger partial charge in [-0.3, -0.25) is 9.89 Å². The molecule has 31 heavy (non-hydrogen) atoms. The van der Waals surface area contributed by atoms with Crippen molar-refractivity contribution in [3.63, 3.8) is 0 Å². The molecule has 6 nitrogen and oxygen atoms in total. The monoisotopic (exact) mass is 442 g/mol. The van der Waals surface area contributed by atoms with Crippen LogP contribution in [0.2, 0.25) is 0 Å². The van der Waals surface area contributed by atoms with Gasteiger partial charge in [0.1, 0.15) is 5.76 Å². The van der Waals surface area contributed by atoms with Gasteiger partial charge in [-0.05, 0) is 36.6 Å². The van der Waals surface area contributed by atoms with E-state index in [9.17, 15) is 0 Å². The van der Waals surface area contributed by atoms with Crippen molar-refractivity contribution in [3.05, 3.63) is 54.5 Å². The second-order valence-corrected chi connectivity index (χ2v) is 9.23. The van der Waals surface area contributed by atoms with E-state index in [1.54, 1.807) is 6.26 Å². The van der Waals surface area contributed by atoms with Gasteiger partial charge in [-0.25, -0.2) is 0 Å². The number of likely N-dealkylation sites (tertiary alicyclic amines) is 1. The largest absolute Gasteiger partial charge is 0.469 e. The lowest BCUT2D eigenvalue weighted by Gasteiger charge is -2.26. The van der Waals surface area contributed by atoms with Gasteiger partial charge in [-0.15, -0.1) is 11.8 Å². The fraction of sp³-hybridized carbons (Fsp3) is 0.542. The van der Waals surface area contributed by atoms with Gasteiger partial charge >= 0.3 is 0 Å². The third-order valence-corrected chi connectivity index (χ3v) is 7.07. The molecule has 1 atom stereocenters. The second-order valence-electron chi connectivity index (χ2n) is 8.14. The zero-order valence-corrected chi connectivity index (χ0v) is 19.1. The Balaban J connectivity index is 1.28. The fourth-order valence-corrected chi connectivity index (χ4v) is 5.08. The number of hydrogen-bond acceptors (Lipinski definition) is 5. The molecule has 2 fully saturated rings. The van der Waals surface area contributed by atoms with E-state index in [-0.39, 0.29) is 0 Å². The average molecular weight is 443 g/mol. The molecule has 1 unspecified atom stereocenters. The molecule has 0 radical (unpaired) electrons. The van der Waals surface area contributed by atoms with Crippen molar-refractivity contribution < 1.29 is 9.15 Å². The predicted octanol–water partition coefficient (Wildman–Crippen LogP) is 3.21. The number of nitrogens with zero attached hydrogens (tertiary/aromatic N) is 3. The summed E-state index contributed by atoms with van der Waals surface area (Å²) < 4.78 is 10.9. The normalized spacial score (nSPS) is 20.3. The van der Waals surface area contributed by atoms with E-state index >= 15 is 0 Å². The first-order valence-corrected chi connectivity index (χ1v) is 12.4. The number of morpholine rings is 1. The summed E-state index contributed by atoms with van der Waals surface area (Å²) in [6.07, 6.45) is 3.83. The quantitative estimate of drug-likeness (QED) is 0.366. The summed E-state index contributed by atoms with van der Waals surface area (Å²) in [5.41, 5.74) is 0. The van der Waals surface area contributed by atoms with E-state index in [4.69, 9.17) is 14.1 Å². The molecule has 0 spiro atoms. The van der Waals surface area contributed by atoms with Crippen molar-refractivity contribution in [3.8, 4) is 0 Å². The highest BCUT2D eigenvalue weighted by Gasteiger charge is 2.25. The van der Waals surface area contributed by atoms with Gasteiger partial charge in [0.15, 0.2) is 5.96 Å². The van der Waals surface area contributed by atoms with Gasteiger partial charge in [0.05, 0.1) is 26.0 Å². The minimum Gasteiger partial charge on any atom is -0.469 e. The summed E-state index contributed by atoms with van der Waals surface area (Å²) in [5, 5.41) is 3.60. The Labute approximate surface area is 190 Å². The molecule has 0 aliphatic carbocycles. The fourth-order valence-electron chi connectivity index (χ4n) is 4.03. The zero-order chi connectivity index (χ0) is 21.1. The molecule has 2 aromatic rings. The first kappa shape index (κ1) is 22.2. The van der Waals surface area contributed by atoms with E-state index < -0.39 is 0 Å². The Bertz CT molecular complexity index is 778. The average Bonchev–Trinajstić information content (AvgIpc) is 3.50. The molecule has 3 heterocycles. The highest BCUT2D eigenvalue weighted by molar-refractivity contribution is 7.99. The third-order valence-electron chi connectivity index (χ3n) is 5.83. The number of furan rings is 1. The lowest BCUT2D eigenvalue weighted by atomic mass is 10.2. The number of nitrogens with one attached hydrogen (secondary N) is 1. The molecule has 2 aliphatic rings. The van der Waals surface area contributed by atoms with Crippen LogP contribution in [-0.4, -0.2) is 80.5 Å². The maximum absolute atomic E-state index is 5.48. The van der Waals surface area contributed by atoms with Gasteiger partial charge in [-0.1, -0.05) is 18.2 Å². The molecule has 0 bridgehead atoms. The summed E-state index contributed by atoms with van der Waals surface area (Å²) in [5.74, 6) is 3.92. The maximum Gasteiger partial charge on any atom is 0.193 e. The van der Waals surface area contributed by atoms with Crippen LogP contribution < -0.4 is 5.32 Å². The second kappa shape index (κ2) is 12.2. The van der Waals surface area contributed by atoms with Crippen LogP contribution in [0.1, 0.15) is 12.2 Å². The van der Waals surface area contributed by atoms with Gasteiger partial charge < -0.3 is 19.4 Å². The molecule has 1 N–H and O–H groups in total. The zero-order valence-electron chi connectivity index (χ0n) is 18.2. The van der Waals surface area contributed by atoms with Crippen LogP contribution in [0.4, 0.5) is 0 Å². The van der Waals surface area contributed by atoms with Gasteiger partial charge in [0.2, 0.25) is 0 Å². The van der Waals surface area contributed by atoms with Crippen molar-refractivity contribution >= 4 is 17.7 Å².